The van der Waals surface area contributed by atoms with E-state index in [9.17, 15) is 9.59 Å². The highest BCUT2D eigenvalue weighted by atomic mass is 16.2. The average molecular weight is 250 g/mol. The molecule has 6 heteroatoms. The summed E-state index contributed by atoms with van der Waals surface area (Å²) in [7, 11) is 1.87. The predicted molar refractivity (Wildman–Crippen MR) is 65.7 cm³/mol. The van der Waals surface area contributed by atoms with Crippen molar-refractivity contribution in [2.45, 2.75) is 25.8 Å². The van der Waals surface area contributed by atoms with Crippen LogP contribution in [0.15, 0.2) is 12.3 Å². The lowest BCUT2D eigenvalue weighted by molar-refractivity contribution is -0.145. The maximum Gasteiger partial charge on any atom is 0.243 e. The minimum absolute atomic E-state index is 0.0105. The number of carbonyl (C=O) groups excluding carboxylic acids is 2. The Morgan fingerprint density at radius 1 is 1.50 bits per heavy atom. The third kappa shape index (κ3) is 2.37. The van der Waals surface area contributed by atoms with Crippen LogP contribution in [0.25, 0.3) is 0 Å². The first-order chi connectivity index (χ1) is 8.63. The molecule has 0 aliphatic carbocycles. The molecular weight excluding hydrogens is 232 g/mol. The van der Waals surface area contributed by atoms with E-state index in [1.165, 1.54) is 0 Å². The van der Waals surface area contributed by atoms with Crippen LogP contribution < -0.4 is 5.32 Å². The van der Waals surface area contributed by atoms with Crippen molar-refractivity contribution in [3.8, 4) is 0 Å². The molecule has 1 unspecified atom stereocenters. The summed E-state index contributed by atoms with van der Waals surface area (Å²) in [5.74, 6) is -0.0641. The second-order valence-corrected chi connectivity index (χ2v) is 4.43. The fraction of sp³-hybridized carbons (Fsp3) is 0.583. The number of aryl methyl sites for hydroxylation is 1. The zero-order valence-electron chi connectivity index (χ0n) is 10.7. The van der Waals surface area contributed by atoms with Crippen molar-refractivity contribution < 1.29 is 9.59 Å². The van der Waals surface area contributed by atoms with Gasteiger partial charge in [0.2, 0.25) is 11.8 Å². The smallest absolute Gasteiger partial charge is 0.243 e. The number of rotatable bonds is 4. The van der Waals surface area contributed by atoms with Crippen LogP contribution in [0.3, 0.4) is 0 Å². The van der Waals surface area contributed by atoms with Gasteiger partial charge in [0.1, 0.15) is 6.04 Å². The summed E-state index contributed by atoms with van der Waals surface area (Å²) >= 11 is 0. The molecule has 0 bridgehead atoms. The first-order valence-electron chi connectivity index (χ1n) is 6.17. The lowest BCUT2D eigenvalue weighted by Gasteiger charge is -2.34. The van der Waals surface area contributed by atoms with Gasteiger partial charge in [-0.25, -0.2) is 0 Å². The second-order valence-electron chi connectivity index (χ2n) is 4.43. The number of nitrogens with zero attached hydrogens (tertiary/aromatic N) is 3. The number of hydrogen-bond donors (Lipinski definition) is 1. The van der Waals surface area contributed by atoms with Crippen molar-refractivity contribution in [3.05, 3.63) is 18.0 Å². The summed E-state index contributed by atoms with van der Waals surface area (Å²) in [6.45, 7) is 2.59. The van der Waals surface area contributed by atoms with E-state index in [0.29, 0.717) is 19.4 Å². The van der Waals surface area contributed by atoms with Crippen molar-refractivity contribution in [2.75, 3.05) is 13.1 Å². The molecule has 1 N–H and O–H groups in total. The molecule has 18 heavy (non-hydrogen) atoms. The molecule has 1 aliphatic heterocycles. The van der Waals surface area contributed by atoms with Crippen molar-refractivity contribution in [1.29, 1.82) is 0 Å². The molecule has 1 aromatic heterocycles. The zero-order valence-corrected chi connectivity index (χ0v) is 10.7. The molecule has 0 aromatic carbocycles. The molecule has 1 saturated heterocycles. The van der Waals surface area contributed by atoms with Crippen LogP contribution in [0.4, 0.5) is 0 Å². The lowest BCUT2D eigenvalue weighted by atomic mass is 10.1. The van der Waals surface area contributed by atoms with Gasteiger partial charge in [-0.05, 0) is 12.5 Å². The Morgan fingerprint density at radius 3 is 2.89 bits per heavy atom. The molecule has 6 nitrogen and oxygen atoms in total. The van der Waals surface area contributed by atoms with Crippen LogP contribution >= 0.6 is 0 Å². The van der Waals surface area contributed by atoms with Crippen molar-refractivity contribution in [3.63, 3.8) is 0 Å². The van der Waals surface area contributed by atoms with Crippen molar-refractivity contribution in [1.82, 2.24) is 20.0 Å². The molecular formula is C12H18N4O2. The first-order valence-corrected chi connectivity index (χ1v) is 6.17. The van der Waals surface area contributed by atoms with Gasteiger partial charge in [0.25, 0.3) is 0 Å². The maximum absolute atomic E-state index is 11.8. The molecule has 1 aliphatic rings. The van der Waals surface area contributed by atoms with E-state index >= 15 is 0 Å². The maximum atomic E-state index is 11.8. The van der Waals surface area contributed by atoms with Gasteiger partial charge in [0, 0.05) is 31.9 Å². The Morgan fingerprint density at radius 2 is 2.28 bits per heavy atom. The lowest BCUT2D eigenvalue weighted by Crippen LogP contribution is -2.58. The van der Waals surface area contributed by atoms with E-state index in [1.54, 1.807) is 15.8 Å². The minimum atomic E-state index is -0.334. The van der Waals surface area contributed by atoms with E-state index in [1.807, 2.05) is 20.0 Å². The van der Waals surface area contributed by atoms with E-state index in [4.69, 9.17) is 0 Å². The third-order valence-electron chi connectivity index (χ3n) is 3.33. The third-order valence-corrected chi connectivity index (χ3v) is 3.33. The molecule has 2 rings (SSSR count). The number of piperazine rings is 1. The summed E-state index contributed by atoms with van der Waals surface area (Å²) in [6, 6.07) is 1.59. The molecule has 0 saturated carbocycles. The summed E-state index contributed by atoms with van der Waals surface area (Å²) in [5.41, 5.74) is 1.06. The van der Waals surface area contributed by atoms with Crippen LogP contribution in [-0.2, 0) is 23.1 Å². The fourth-order valence-electron chi connectivity index (χ4n) is 2.27. The average Bonchev–Trinajstić information content (AvgIpc) is 2.76. The second kappa shape index (κ2) is 5.20. The van der Waals surface area contributed by atoms with Crippen LogP contribution in [0, 0.1) is 0 Å². The van der Waals surface area contributed by atoms with Crippen LogP contribution in [0.2, 0.25) is 0 Å². The molecule has 0 spiro atoms. The SMILES string of the molecule is CCC1C(=O)NCC(=O)N1CCc1ccnn1C. The van der Waals surface area contributed by atoms with Gasteiger partial charge in [-0.3, -0.25) is 14.3 Å². The standard InChI is InChI=1S/C12H18N4O2/c1-3-10-12(18)13-8-11(17)16(10)7-5-9-4-6-14-15(9)2/h4,6,10H,3,5,7-8H2,1-2H3,(H,13,18). The first kappa shape index (κ1) is 12.6. The molecule has 2 amide bonds. The predicted octanol–water partition coefficient (Wildman–Crippen LogP) is -0.300. The highest BCUT2D eigenvalue weighted by Crippen LogP contribution is 2.11. The number of carbonyl (C=O) groups is 2. The minimum Gasteiger partial charge on any atom is -0.345 e. The van der Waals surface area contributed by atoms with Gasteiger partial charge >= 0.3 is 0 Å². The summed E-state index contributed by atoms with van der Waals surface area (Å²) in [5, 5.41) is 6.71. The number of aromatic nitrogens is 2. The summed E-state index contributed by atoms with van der Waals surface area (Å²) in [6.07, 6.45) is 3.09. The van der Waals surface area contributed by atoms with Crippen LogP contribution in [0.1, 0.15) is 19.0 Å². The number of hydrogen-bond acceptors (Lipinski definition) is 3. The fourth-order valence-corrected chi connectivity index (χ4v) is 2.27. The highest BCUT2D eigenvalue weighted by molar-refractivity contribution is 5.94. The van der Waals surface area contributed by atoms with Gasteiger partial charge in [-0.15, -0.1) is 0 Å². The van der Waals surface area contributed by atoms with Crippen LogP contribution in [-0.4, -0.2) is 45.6 Å². The summed E-state index contributed by atoms with van der Waals surface area (Å²) in [4.78, 5) is 25.2. The monoisotopic (exact) mass is 250 g/mol. The quantitative estimate of drug-likeness (QED) is 0.797. The number of nitrogens with one attached hydrogen (secondary N) is 1. The van der Waals surface area contributed by atoms with E-state index in [0.717, 1.165) is 5.69 Å². The molecule has 2 heterocycles. The highest BCUT2D eigenvalue weighted by Gasteiger charge is 2.32. The molecule has 1 aromatic rings. The topological polar surface area (TPSA) is 67.2 Å². The normalized spacial score (nSPS) is 20.1. The van der Waals surface area contributed by atoms with Crippen LogP contribution in [0.5, 0.6) is 0 Å². The molecule has 1 atom stereocenters. The van der Waals surface area contributed by atoms with Crippen molar-refractivity contribution in [2.24, 2.45) is 7.05 Å². The number of amides is 2. The Hall–Kier alpha value is -1.85. The Labute approximate surface area is 106 Å². The Kier molecular flexibility index (Phi) is 3.64. The molecule has 0 radical (unpaired) electrons. The Bertz CT molecular complexity index is 455. The molecule has 98 valence electrons. The van der Waals surface area contributed by atoms with Gasteiger partial charge in [0.15, 0.2) is 0 Å². The molecule has 1 fully saturated rings. The zero-order chi connectivity index (χ0) is 13.1. The van der Waals surface area contributed by atoms with E-state index in [-0.39, 0.29) is 24.4 Å². The van der Waals surface area contributed by atoms with Gasteiger partial charge in [-0.2, -0.15) is 5.10 Å². The van der Waals surface area contributed by atoms with E-state index < -0.39 is 0 Å². The Balaban J connectivity index is 2.03. The van der Waals surface area contributed by atoms with Gasteiger partial charge in [-0.1, -0.05) is 6.92 Å². The van der Waals surface area contributed by atoms with E-state index in [2.05, 4.69) is 10.4 Å². The van der Waals surface area contributed by atoms with Gasteiger partial charge in [0.05, 0.1) is 6.54 Å². The van der Waals surface area contributed by atoms with Crippen molar-refractivity contribution >= 4 is 11.8 Å². The summed E-state index contributed by atoms with van der Waals surface area (Å²) < 4.78 is 1.79. The van der Waals surface area contributed by atoms with Gasteiger partial charge < -0.3 is 10.2 Å². The largest absolute Gasteiger partial charge is 0.345 e.